The zero-order valence-corrected chi connectivity index (χ0v) is 16.9. The molecule has 1 atom stereocenters. The quantitative estimate of drug-likeness (QED) is 0.511. The highest BCUT2D eigenvalue weighted by atomic mass is 79.9. The summed E-state index contributed by atoms with van der Waals surface area (Å²) in [4.78, 5) is 23.3. The molecule has 0 spiro atoms. The number of imide groups is 1. The molecule has 0 fully saturated rings. The van der Waals surface area contributed by atoms with Gasteiger partial charge in [0.2, 0.25) is 5.91 Å². The molecule has 26 heavy (non-hydrogen) atoms. The van der Waals surface area contributed by atoms with E-state index in [1.807, 2.05) is 42.7 Å². The van der Waals surface area contributed by atoms with Crippen LogP contribution in [0.3, 0.4) is 0 Å². The van der Waals surface area contributed by atoms with Gasteiger partial charge in [-0.1, -0.05) is 59.7 Å². The Bertz CT molecular complexity index is 804. The lowest BCUT2D eigenvalue weighted by Gasteiger charge is -2.18. The zero-order valence-electron chi connectivity index (χ0n) is 14.5. The predicted molar refractivity (Wildman–Crippen MR) is 106 cm³/mol. The maximum Gasteiger partial charge on any atom is 0.318 e. The van der Waals surface area contributed by atoms with E-state index in [-0.39, 0.29) is 5.92 Å². The maximum atomic E-state index is 12.3. The van der Waals surface area contributed by atoms with Crippen LogP contribution in [0.25, 0.3) is 11.4 Å². The first-order valence-corrected chi connectivity index (χ1v) is 9.57. The Balaban J connectivity index is 2.36. The predicted octanol–water partition coefficient (Wildman–Crippen LogP) is 3.21. The number of primary amides is 1. The Kier molecular flexibility index (Phi) is 6.98. The molecule has 3 amide bonds. The van der Waals surface area contributed by atoms with Crippen molar-refractivity contribution in [1.82, 2.24) is 20.1 Å². The van der Waals surface area contributed by atoms with Crippen molar-refractivity contribution in [3.05, 3.63) is 41.4 Å². The summed E-state index contributed by atoms with van der Waals surface area (Å²) in [6.07, 6.45) is 1.74. The Morgan fingerprint density at radius 1 is 1.35 bits per heavy atom. The van der Waals surface area contributed by atoms with Crippen molar-refractivity contribution in [3.63, 3.8) is 0 Å². The van der Waals surface area contributed by atoms with Crippen molar-refractivity contribution >= 4 is 39.6 Å². The molecule has 3 N–H and O–H groups in total. The zero-order chi connectivity index (χ0) is 19.3. The molecule has 9 heteroatoms. The van der Waals surface area contributed by atoms with Gasteiger partial charge in [-0.2, -0.15) is 0 Å². The summed E-state index contributed by atoms with van der Waals surface area (Å²) in [5.41, 5.74) is 5.96. The number of carbonyl (C=O) groups is 2. The molecule has 2 aromatic rings. The Morgan fingerprint density at radius 2 is 2.00 bits per heavy atom. The number of urea groups is 1. The maximum absolute atomic E-state index is 12.3. The molecule has 138 valence electrons. The lowest BCUT2D eigenvalue weighted by molar-refractivity contribution is -0.120. The van der Waals surface area contributed by atoms with Gasteiger partial charge in [0.1, 0.15) is 0 Å². The minimum absolute atomic E-state index is 0.0376. The number of nitrogens with one attached hydrogen (secondary N) is 1. The van der Waals surface area contributed by atoms with Crippen molar-refractivity contribution in [2.45, 2.75) is 30.8 Å². The number of nitrogens with two attached hydrogens (primary N) is 1. The molecular formula is C17H20BrN5O2S. The number of allylic oxidation sites excluding steroid dienone is 1. The molecule has 2 rings (SSSR count). The van der Waals surface area contributed by atoms with Gasteiger partial charge >= 0.3 is 6.03 Å². The Labute approximate surface area is 164 Å². The van der Waals surface area contributed by atoms with E-state index < -0.39 is 17.2 Å². The molecule has 7 nitrogen and oxygen atoms in total. The third kappa shape index (κ3) is 4.95. The van der Waals surface area contributed by atoms with E-state index in [2.05, 4.69) is 38.0 Å². The van der Waals surface area contributed by atoms with E-state index in [0.717, 1.165) is 10.0 Å². The van der Waals surface area contributed by atoms with Crippen LogP contribution in [0, 0.1) is 5.92 Å². The van der Waals surface area contributed by atoms with Crippen molar-refractivity contribution in [1.29, 1.82) is 0 Å². The highest BCUT2D eigenvalue weighted by Crippen LogP contribution is 2.30. The SMILES string of the molecule is C=CCn1c(SC(C(=O)NC(N)=O)C(C)C)nnc1-c1ccc(Br)cc1. The van der Waals surface area contributed by atoms with Crippen molar-refractivity contribution in [3.8, 4) is 11.4 Å². The van der Waals surface area contributed by atoms with Crippen LogP contribution in [0.2, 0.25) is 0 Å². The topological polar surface area (TPSA) is 103 Å². The number of halogens is 1. The first-order valence-electron chi connectivity index (χ1n) is 7.90. The molecule has 0 radical (unpaired) electrons. The molecule has 0 aliphatic rings. The lowest BCUT2D eigenvalue weighted by Crippen LogP contribution is -2.42. The fourth-order valence-corrected chi connectivity index (χ4v) is 3.59. The second kappa shape index (κ2) is 9.00. The van der Waals surface area contributed by atoms with E-state index in [0.29, 0.717) is 17.5 Å². The number of carbonyl (C=O) groups excluding carboxylic acids is 2. The highest BCUT2D eigenvalue weighted by molar-refractivity contribution is 9.10. The molecular weight excluding hydrogens is 418 g/mol. The molecule has 1 aromatic heterocycles. The minimum atomic E-state index is -0.871. The van der Waals surface area contributed by atoms with E-state index in [1.54, 1.807) is 6.08 Å². The molecule has 1 unspecified atom stereocenters. The van der Waals surface area contributed by atoms with E-state index >= 15 is 0 Å². The number of thioether (sulfide) groups is 1. The number of benzene rings is 1. The largest absolute Gasteiger partial charge is 0.351 e. The van der Waals surface area contributed by atoms with Gasteiger partial charge in [-0.3, -0.25) is 14.7 Å². The van der Waals surface area contributed by atoms with Gasteiger partial charge in [-0.15, -0.1) is 16.8 Å². The van der Waals surface area contributed by atoms with Crippen molar-refractivity contribution in [2.75, 3.05) is 0 Å². The van der Waals surface area contributed by atoms with Gasteiger partial charge in [-0.25, -0.2) is 4.79 Å². The third-order valence-electron chi connectivity index (χ3n) is 3.47. The summed E-state index contributed by atoms with van der Waals surface area (Å²) < 4.78 is 2.85. The normalized spacial score (nSPS) is 12.0. The monoisotopic (exact) mass is 437 g/mol. The van der Waals surface area contributed by atoms with Gasteiger partial charge in [0, 0.05) is 16.6 Å². The Morgan fingerprint density at radius 3 is 2.54 bits per heavy atom. The molecule has 0 bridgehead atoms. The Hall–Kier alpha value is -2.13. The number of nitrogens with zero attached hydrogens (tertiary/aromatic N) is 3. The van der Waals surface area contributed by atoms with Crippen molar-refractivity contribution in [2.24, 2.45) is 11.7 Å². The van der Waals surface area contributed by atoms with Crippen LogP contribution >= 0.6 is 27.7 Å². The number of rotatable bonds is 7. The van der Waals surface area contributed by atoms with E-state index in [9.17, 15) is 9.59 Å². The first kappa shape index (κ1) is 20.2. The van der Waals surface area contributed by atoms with Crippen LogP contribution < -0.4 is 11.1 Å². The summed E-state index contributed by atoms with van der Waals surface area (Å²) in [5.74, 6) is 0.193. The van der Waals surface area contributed by atoms with E-state index in [1.165, 1.54) is 11.8 Å². The summed E-state index contributed by atoms with van der Waals surface area (Å²) >= 11 is 4.66. The number of aromatic nitrogens is 3. The van der Waals surface area contributed by atoms with Gasteiger partial charge in [-0.05, 0) is 18.1 Å². The standard InChI is InChI=1S/C17H20BrN5O2S/c1-4-9-23-14(11-5-7-12(18)8-6-11)21-22-17(23)26-13(10(2)3)15(24)20-16(19)25/h4-8,10,13H,1,9H2,2-3H3,(H3,19,20,24,25). The molecule has 0 saturated heterocycles. The van der Waals surface area contributed by atoms with Crippen LogP contribution in [0.5, 0.6) is 0 Å². The summed E-state index contributed by atoms with van der Waals surface area (Å²) in [6.45, 7) is 8.05. The smallest absolute Gasteiger partial charge is 0.318 e. The highest BCUT2D eigenvalue weighted by Gasteiger charge is 2.27. The fraction of sp³-hybridized carbons (Fsp3) is 0.294. The third-order valence-corrected chi connectivity index (χ3v) is 5.53. The van der Waals surface area contributed by atoms with Gasteiger partial charge in [0.15, 0.2) is 11.0 Å². The summed E-state index contributed by atoms with van der Waals surface area (Å²) in [5, 5.41) is 10.7. The number of hydrogen-bond acceptors (Lipinski definition) is 5. The molecule has 0 aliphatic carbocycles. The average Bonchev–Trinajstić information content (AvgIpc) is 2.95. The van der Waals surface area contributed by atoms with Crippen LogP contribution in [-0.4, -0.2) is 32.0 Å². The second-order valence-electron chi connectivity index (χ2n) is 5.85. The molecule has 0 aliphatic heterocycles. The van der Waals surface area contributed by atoms with Crippen molar-refractivity contribution < 1.29 is 9.59 Å². The number of amides is 3. The van der Waals surface area contributed by atoms with Gasteiger partial charge < -0.3 is 5.73 Å². The lowest BCUT2D eigenvalue weighted by atomic mass is 10.1. The van der Waals surface area contributed by atoms with Gasteiger partial charge in [0.05, 0.1) is 5.25 Å². The number of hydrogen-bond donors (Lipinski definition) is 2. The average molecular weight is 438 g/mol. The van der Waals surface area contributed by atoms with E-state index in [4.69, 9.17) is 5.73 Å². The second-order valence-corrected chi connectivity index (χ2v) is 7.87. The molecule has 1 heterocycles. The van der Waals surface area contributed by atoms with Crippen LogP contribution in [-0.2, 0) is 11.3 Å². The van der Waals surface area contributed by atoms with Crippen LogP contribution in [0.15, 0.2) is 46.5 Å². The minimum Gasteiger partial charge on any atom is -0.351 e. The molecule has 0 saturated carbocycles. The van der Waals surface area contributed by atoms with Crippen LogP contribution in [0.1, 0.15) is 13.8 Å². The summed E-state index contributed by atoms with van der Waals surface area (Å²) in [7, 11) is 0. The van der Waals surface area contributed by atoms with Crippen LogP contribution in [0.4, 0.5) is 4.79 Å². The summed E-state index contributed by atoms with van der Waals surface area (Å²) in [6, 6.07) is 6.84. The fourth-order valence-electron chi connectivity index (χ4n) is 2.28. The molecule has 1 aromatic carbocycles. The van der Waals surface area contributed by atoms with Gasteiger partial charge in [0.25, 0.3) is 0 Å². The first-order chi connectivity index (χ1) is 12.3.